The van der Waals surface area contributed by atoms with Crippen molar-refractivity contribution < 1.29 is 42.9 Å². The summed E-state index contributed by atoms with van der Waals surface area (Å²) in [6, 6.07) is 9.83. The molecule has 7 nitrogen and oxygen atoms in total. The minimum absolute atomic E-state index is 0.853. The smallest absolute Gasteiger partial charge is 0.228 e. The van der Waals surface area contributed by atoms with Gasteiger partial charge in [0.05, 0.1) is 13.2 Å². The highest BCUT2D eigenvalue weighted by Gasteiger charge is 2.12. The molecule has 2 rings (SSSR count). The van der Waals surface area contributed by atoms with Gasteiger partial charge in [-0.05, 0) is 29.0 Å². The molecule has 0 saturated heterocycles. The topological polar surface area (TPSA) is 118 Å². The first kappa shape index (κ1) is 16.4. The van der Waals surface area contributed by atoms with Crippen LogP contribution in [-0.2, 0) is 7.05 Å². The van der Waals surface area contributed by atoms with Crippen molar-refractivity contribution in [2.24, 2.45) is 7.05 Å². The van der Waals surface area contributed by atoms with Gasteiger partial charge in [-0.3, -0.25) is 0 Å². The van der Waals surface area contributed by atoms with E-state index in [1.54, 1.807) is 11.8 Å². The molecule has 0 bridgehead atoms. The molecule has 0 aliphatic heterocycles. The van der Waals surface area contributed by atoms with Crippen LogP contribution in [0.25, 0.3) is 11.3 Å². The van der Waals surface area contributed by atoms with E-state index < -0.39 is 10.2 Å². The minimum atomic E-state index is -4.94. The first-order valence-electron chi connectivity index (χ1n) is 5.44. The molecule has 0 spiro atoms. The predicted octanol–water partition coefficient (Wildman–Crippen LogP) is -2.67. The fourth-order valence-electron chi connectivity index (χ4n) is 1.42. The van der Waals surface area contributed by atoms with E-state index in [0.29, 0.717) is 0 Å². The molecular weight excluding hydrogens is 290 g/mol. The second-order valence-electron chi connectivity index (χ2n) is 3.85. The maximum atomic E-state index is 8.49. The van der Waals surface area contributed by atoms with Crippen LogP contribution in [0.5, 0.6) is 5.75 Å². The summed E-state index contributed by atoms with van der Waals surface area (Å²) < 4.78 is 46.4. The highest BCUT2D eigenvalue weighted by Crippen LogP contribution is 2.21. The number of halogens is 1. The Morgan fingerprint density at radius 1 is 1.10 bits per heavy atom. The molecule has 1 aromatic heterocycles. The largest absolute Gasteiger partial charge is 0.497 e. The molecule has 110 valence electrons. The van der Waals surface area contributed by atoms with Gasteiger partial charge in [-0.15, -0.1) is 10.2 Å². The Labute approximate surface area is 118 Å². The van der Waals surface area contributed by atoms with Crippen molar-refractivity contribution in [3.05, 3.63) is 36.0 Å². The summed E-state index contributed by atoms with van der Waals surface area (Å²) in [7, 11) is -1.39. The zero-order valence-electron chi connectivity index (χ0n) is 11.2. The van der Waals surface area contributed by atoms with Gasteiger partial charge < -0.3 is 4.74 Å². The zero-order valence-corrected chi connectivity index (χ0v) is 11.9. The highest BCUT2D eigenvalue weighted by molar-refractivity contribution is 5.57. The number of hydrogen-bond donors (Lipinski definition) is 0. The summed E-state index contributed by atoms with van der Waals surface area (Å²) in [5, 5.41) is 0. The fraction of sp³-hybridized carbons (Fsp3) is 0.250. The molecule has 20 heavy (non-hydrogen) atoms. The number of ether oxygens (including phenoxy) is 1. The van der Waals surface area contributed by atoms with Crippen LogP contribution in [0.4, 0.5) is 0 Å². The summed E-state index contributed by atoms with van der Waals surface area (Å²) >= 11 is 0. The average molecular weight is 304 g/mol. The van der Waals surface area contributed by atoms with Gasteiger partial charge in [0.1, 0.15) is 5.75 Å². The lowest BCUT2D eigenvalue weighted by atomic mass is 10.1. The number of nitrogens with zero attached hydrogens (tertiary/aromatic N) is 1. The molecule has 0 N–H and O–H groups in total. The first-order chi connectivity index (χ1) is 9.20. The van der Waals surface area contributed by atoms with Gasteiger partial charge in [0.25, 0.3) is 0 Å². The van der Waals surface area contributed by atoms with E-state index in [1.807, 2.05) is 44.3 Å². The van der Waals surface area contributed by atoms with Crippen LogP contribution in [0.3, 0.4) is 0 Å². The predicted molar refractivity (Wildman–Crippen MR) is 56.6 cm³/mol. The lowest BCUT2D eigenvalue weighted by Crippen LogP contribution is -2.68. The monoisotopic (exact) mass is 303 g/mol. The molecule has 0 radical (unpaired) electrons. The highest BCUT2D eigenvalue weighted by atomic mass is 35.7. The molecule has 0 atom stereocenters. The summed E-state index contributed by atoms with van der Waals surface area (Å²) in [5.41, 5.74) is 2.15. The fourth-order valence-corrected chi connectivity index (χ4v) is 1.42. The maximum Gasteiger partial charge on any atom is 0.228 e. The molecule has 0 aliphatic rings. The number of hydrogen-bond acceptors (Lipinski definition) is 6. The lowest BCUT2D eigenvalue weighted by Gasteiger charge is -2.17. The first-order valence-corrected chi connectivity index (χ1v) is 6.67. The normalized spacial score (nSPS) is 10.8. The van der Waals surface area contributed by atoms with Gasteiger partial charge in [0.15, 0.2) is 7.05 Å². The van der Waals surface area contributed by atoms with E-state index in [0.717, 1.165) is 22.8 Å². The van der Waals surface area contributed by atoms with Gasteiger partial charge in [-0.25, -0.2) is 23.2 Å². The third-order valence-corrected chi connectivity index (χ3v) is 2.45. The molecule has 8 heteroatoms. The summed E-state index contributed by atoms with van der Waals surface area (Å²) in [6.45, 7) is 2.01. The maximum absolute atomic E-state index is 8.49. The van der Waals surface area contributed by atoms with Crippen LogP contribution in [-0.4, -0.2) is 7.11 Å². The van der Waals surface area contributed by atoms with E-state index in [9.17, 15) is 0 Å². The number of rotatable bonds is 2. The van der Waals surface area contributed by atoms with Crippen LogP contribution < -0.4 is 28.1 Å². The molecule has 0 fully saturated rings. The van der Waals surface area contributed by atoms with Crippen molar-refractivity contribution in [3.63, 3.8) is 0 Å². The Kier molecular flexibility index (Phi) is 5.49. The Hall–Kier alpha value is -1.64. The second kappa shape index (κ2) is 6.69. The molecular formula is C12H14ClNO6. The second-order valence-corrected chi connectivity index (χ2v) is 4.60. The van der Waals surface area contributed by atoms with E-state index in [2.05, 4.69) is 0 Å². The summed E-state index contributed by atoms with van der Waals surface area (Å²) in [5.74, 6) is 1.73. The van der Waals surface area contributed by atoms with Crippen LogP contribution >= 0.6 is 0 Å². The van der Waals surface area contributed by atoms with E-state index >= 15 is 0 Å². The van der Waals surface area contributed by atoms with Gasteiger partial charge >= 0.3 is 0 Å². The Balaban J connectivity index is 0.000000347. The summed E-state index contributed by atoms with van der Waals surface area (Å²) in [4.78, 5) is 0. The van der Waals surface area contributed by atoms with E-state index in [1.165, 1.54) is 0 Å². The van der Waals surface area contributed by atoms with Gasteiger partial charge in [0.2, 0.25) is 11.5 Å². The van der Waals surface area contributed by atoms with Crippen LogP contribution in [0, 0.1) is 17.2 Å². The van der Waals surface area contributed by atoms with Crippen LogP contribution in [0.2, 0.25) is 0 Å². The third kappa shape index (κ3) is 5.55. The molecule has 0 unspecified atom stereocenters. The van der Waals surface area contributed by atoms with Crippen molar-refractivity contribution in [1.29, 1.82) is 0 Å². The molecule has 0 aliphatic carbocycles. The Bertz CT molecular complexity index is 521. The Morgan fingerprint density at radius 3 is 1.95 bits per heavy atom. The number of benzene rings is 1. The number of aryl methyl sites for hydroxylation is 2. The third-order valence-electron chi connectivity index (χ3n) is 2.45. The van der Waals surface area contributed by atoms with Gasteiger partial charge in [-0.1, -0.05) is 0 Å². The Morgan fingerprint density at radius 2 is 1.60 bits per heavy atom. The van der Waals surface area contributed by atoms with Crippen molar-refractivity contribution in [1.82, 2.24) is 0 Å². The molecule has 1 aromatic carbocycles. The number of methoxy groups -OCH3 is 1. The van der Waals surface area contributed by atoms with Crippen LogP contribution in [0.15, 0.2) is 34.9 Å². The van der Waals surface area contributed by atoms with E-state index in [4.69, 9.17) is 27.9 Å². The zero-order chi connectivity index (χ0) is 15.3. The lowest BCUT2D eigenvalue weighted by molar-refractivity contribution is -2.00. The molecule has 1 heterocycles. The standard InChI is InChI=1S/C12H14NO2.ClHO4/c1-9-8-12(15-13(9)2)10-4-6-11(14-3)7-5-10;2-1(3,4)5/h4-8H,1-3H3;(H,2,3,4,5)/q+1;/p-1. The molecule has 0 saturated carbocycles. The van der Waals surface area contributed by atoms with Crippen molar-refractivity contribution >= 4 is 0 Å². The van der Waals surface area contributed by atoms with Gasteiger partial charge in [0, 0.05) is 12.5 Å². The quantitative estimate of drug-likeness (QED) is 0.558. The van der Waals surface area contributed by atoms with E-state index in [-0.39, 0.29) is 0 Å². The van der Waals surface area contributed by atoms with Crippen molar-refractivity contribution in [2.75, 3.05) is 7.11 Å². The van der Waals surface area contributed by atoms with Crippen molar-refractivity contribution in [3.8, 4) is 17.1 Å². The van der Waals surface area contributed by atoms with Crippen LogP contribution in [0.1, 0.15) is 5.69 Å². The average Bonchev–Trinajstić information content (AvgIpc) is 2.68. The molecule has 0 amide bonds. The summed E-state index contributed by atoms with van der Waals surface area (Å²) in [6.07, 6.45) is 0. The SMILES string of the molecule is COc1ccc(-c2cc(C)[n+](C)o2)cc1.[O-][Cl+3]([O-])([O-])[O-]. The van der Waals surface area contributed by atoms with Crippen molar-refractivity contribution in [2.45, 2.75) is 6.92 Å². The van der Waals surface area contributed by atoms with Gasteiger partial charge in [-0.2, -0.15) is 0 Å². The minimum Gasteiger partial charge on any atom is -0.497 e. The molecule has 2 aromatic rings. The number of aromatic nitrogens is 1.